The van der Waals surface area contributed by atoms with Gasteiger partial charge in [-0.25, -0.2) is 8.42 Å². The van der Waals surface area contributed by atoms with Crippen LogP contribution in [0.3, 0.4) is 0 Å². The summed E-state index contributed by atoms with van der Waals surface area (Å²) in [5, 5.41) is 0. The lowest BCUT2D eigenvalue weighted by Gasteiger charge is -2.26. The normalized spacial score (nSPS) is 18.3. The molecule has 2 aliphatic rings. The number of hydrogen-bond donors (Lipinski definition) is 0. The standard InChI is InChI=1S/C16H21NO3S2/c18-16(17-7-9-21-10-8-17)6-11-22(19,20)15-5-4-13-2-1-3-14(13)12-15/h4-5,12H,1-3,6-11H2. The van der Waals surface area contributed by atoms with Crippen molar-refractivity contribution in [1.29, 1.82) is 0 Å². The van der Waals surface area contributed by atoms with Crippen molar-refractivity contribution in [2.24, 2.45) is 0 Å². The summed E-state index contributed by atoms with van der Waals surface area (Å²) in [5.41, 5.74) is 2.42. The fraction of sp³-hybridized carbons (Fsp3) is 0.562. The third-order valence-corrected chi connectivity index (χ3v) is 7.03. The van der Waals surface area contributed by atoms with Crippen molar-refractivity contribution < 1.29 is 13.2 Å². The number of benzene rings is 1. The molecule has 1 aromatic rings. The Labute approximate surface area is 136 Å². The van der Waals surface area contributed by atoms with Gasteiger partial charge in [-0.1, -0.05) is 6.07 Å². The molecule has 1 aromatic carbocycles. The van der Waals surface area contributed by atoms with E-state index < -0.39 is 9.84 Å². The van der Waals surface area contributed by atoms with E-state index in [2.05, 4.69) is 0 Å². The van der Waals surface area contributed by atoms with Crippen LogP contribution in [-0.2, 0) is 27.5 Å². The molecule has 1 aliphatic carbocycles. The van der Waals surface area contributed by atoms with E-state index >= 15 is 0 Å². The van der Waals surface area contributed by atoms with Crippen LogP contribution in [-0.4, -0.2) is 49.6 Å². The molecule has 1 heterocycles. The number of hydrogen-bond acceptors (Lipinski definition) is 4. The summed E-state index contributed by atoms with van der Waals surface area (Å²) in [6.07, 6.45) is 3.19. The molecule has 0 bridgehead atoms. The predicted molar refractivity (Wildman–Crippen MR) is 89.0 cm³/mol. The van der Waals surface area contributed by atoms with Crippen LogP contribution >= 0.6 is 11.8 Å². The molecule has 1 amide bonds. The maximum absolute atomic E-state index is 12.4. The van der Waals surface area contributed by atoms with Gasteiger partial charge in [-0.3, -0.25) is 4.79 Å². The van der Waals surface area contributed by atoms with Gasteiger partial charge in [0.05, 0.1) is 10.6 Å². The number of nitrogens with zero attached hydrogens (tertiary/aromatic N) is 1. The van der Waals surface area contributed by atoms with Gasteiger partial charge in [0.2, 0.25) is 5.91 Å². The van der Waals surface area contributed by atoms with Crippen LogP contribution < -0.4 is 0 Å². The van der Waals surface area contributed by atoms with E-state index in [9.17, 15) is 13.2 Å². The molecule has 1 fully saturated rings. The molecule has 1 saturated heterocycles. The number of carbonyl (C=O) groups is 1. The van der Waals surface area contributed by atoms with Gasteiger partial charge in [-0.15, -0.1) is 0 Å². The van der Waals surface area contributed by atoms with E-state index in [-0.39, 0.29) is 18.1 Å². The average Bonchev–Trinajstić information content (AvgIpc) is 3.01. The van der Waals surface area contributed by atoms with Gasteiger partial charge in [0.15, 0.2) is 9.84 Å². The summed E-state index contributed by atoms with van der Waals surface area (Å²) in [6.45, 7) is 1.48. The first-order chi connectivity index (χ1) is 10.6. The van der Waals surface area contributed by atoms with Gasteiger partial charge in [0, 0.05) is 31.0 Å². The Morgan fingerprint density at radius 1 is 1.14 bits per heavy atom. The Balaban J connectivity index is 1.64. The predicted octanol–water partition coefficient (Wildman–Crippen LogP) is 1.91. The highest BCUT2D eigenvalue weighted by Crippen LogP contribution is 2.25. The lowest BCUT2D eigenvalue weighted by atomic mass is 10.1. The molecule has 0 atom stereocenters. The van der Waals surface area contributed by atoms with Crippen molar-refractivity contribution in [3.63, 3.8) is 0 Å². The SMILES string of the molecule is O=C(CCS(=O)(=O)c1ccc2c(c1)CCC2)N1CCSCC1. The molecular formula is C16H21NO3S2. The van der Waals surface area contributed by atoms with Gasteiger partial charge in [0.1, 0.15) is 0 Å². The highest BCUT2D eigenvalue weighted by Gasteiger charge is 2.22. The highest BCUT2D eigenvalue weighted by atomic mass is 32.2. The quantitative estimate of drug-likeness (QED) is 0.841. The van der Waals surface area contributed by atoms with Crippen LogP contribution in [0.4, 0.5) is 0 Å². The zero-order chi connectivity index (χ0) is 15.6. The van der Waals surface area contributed by atoms with E-state index in [0.29, 0.717) is 4.90 Å². The minimum absolute atomic E-state index is 0.0370. The van der Waals surface area contributed by atoms with Crippen LogP contribution in [0.2, 0.25) is 0 Å². The van der Waals surface area contributed by atoms with Crippen LogP contribution in [0.5, 0.6) is 0 Å². The lowest BCUT2D eigenvalue weighted by molar-refractivity contribution is -0.130. The van der Waals surface area contributed by atoms with E-state index in [1.165, 1.54) is 5.56 Å². The molecule has 1 aliphatic heterocycles. The summed E-state index contributed by atoms with van der Waals surface area (Å²) in [5.74, 6) is 1.77. The third-order valence-electron chi connectivity index (χ3n) is 4.38. The summed E-state index contributed by atoms with van der Waals surface area (Å²) in [7, 11) is -3.37. The largest absolute Gasteiger partial charge is 0.341 e. The molecule has 4 nitrogen and oxygen atoms in total. The smallest absolute Gasteiger partial charge is 0.223 e. The molecule has 0 spiro atoms. The van der Waals surface area contributed by atoms with E-state index in [1.807, 2.05) is 17.8 Å². The number of sulfone groups is 1. The van der Waals surface area contributed by atoms with Crippen molar-refractivity contribution in [3.05, 3.63) is 29.3 Å². The molecule has 0 radical (unpaired) electrons. The Kier molecular flexibility index (Phi) is 4.78. The van der Waals surface area contributed by atoms with E-state index in [1.54, 1.807) is 17.0 Å². The Hall–Kier alpha value is -1.01. The van der Waals surface area contributed by atoms with E-state index in [0.717, 1.165) is 49.4 Å². The minimum Gasteiger partial charge on any atom is -0.341 e. The number of fused-ring (bicyclic) bond motifs is 1. The van der Waals surface area contributed by atoms with Crippen LogP contribution in [0, 0.1) is 0 Å². The monoisotopic (exact) mass is 339 g/mol. The summed E-state index contributed by atoms with van der Waals surface area (Å²) in [6, 6.07) is 5.43. The van der Waals surface area contributed by atoms with Gasteiger partial charge < -0.3 is 4.90 Å². The molecule has 3 rings (SSSR count). The van der Waals surface area contributed by atoms with Crippen LogP contribution in [0.1, 0.15) is 24.0 Å². The van der Waals surface area contributed by atoms with Crippen molar-refractivity contribution in [3.8, 4) is 0 Å². The second-order valence-corrected chi connectivity index (χ2v) is 9.18. The van der Waals surface area contributed by atoms with E-state index in [4.69, 9.17) is 0 Å². The lowest BCUT2D eigenvalue weighted by Crippen LogP contribution is -2.38. The summed E-state index contributed by atoms with van der Waals surface area (Å²) < 4.78 is 24.9. The second kappa shape index (κ2) is 6.62. The van der Waals surface area contributed by atoms with Crippen molar-refractivity contribution in [1.82, 2.24) is 4.90 Å². The number of carbonyl (C=O) groups excluding carboxylic acids is 1. The molecule has 0 unspecified atom stereocenters. The van der Waals surface area contributed by atoms with Gasteiger partial charge in [-0.2, -0.15) is 11.8 Å². The molecule has 6 heteroatoms. The average molecular weight is 339 g/mol. The fourth-order valence-electron chi connectivity index (χ4n) is 3.05. The first-order valence-corrected chi connectivity index (χ1v) is 10.6. The Morgan fingerprint density at radius 3 is 2.64 bits per heavy atom. The second-order valence-electron chi connectivity index (χ2n) is 5.85. The Morgan fingerprint density at radius 2 is 1.86 bits per heavy atom. The molecule has 0 aromatic heterocycles. The summed E-state index contributed by atoms with van der Waals surface area (Å²) >= 11 is 1.84. The zero-order valence-corrected chi connectivity index (χ0v) is 14.2. The molecule has 0 saturated carbocycles. The Bertz CT molecular complexity index is 664. The first-order valence-electron chi connectivity index (χ1n) is 7.76. The van der Waals surface area contributed by atoms with Crippen LogP contribution in [0.25, 0.3) is 0 Å². The third kappa shape index (κ3) is 3.49. The van der Waals surface area contributed by atoms with Crippen LogP contribution in [0.15, 0.2) is 23.1 Å². The van der Waals surface area contributed by atoms with Crippen molar-refractivity contribution in [2.45, 2.75) is 30.6 Å². The highest BCUT2D eigenvalue weighted by molar-refractivity contribution is 7.99. The number of amides is 1. The zero-order valence-electron chi connectivity index (χ0n) is 12.6. The van der Waals surface area contributed by atoms with Gasteiger partial charge in [-0.05, 0) is 42.5 Å². The molecular weight excluding hydrogens is 318 g/mol. The topological polar surface area (TPSA) is 54.5 Å². The maximum atomic E-state index is 12.4. The molecule has 120 valence electrons. The van der Waals surface area contributed by atoms with Crippen molar-refractivity contribution >= 4 is 27.5 Å². The molecule has 0 N–H and O–H groups in total. The number of thioether (sulfide) groups is 1. The minimum atomic E-state index is -3.37. The maximum Gasteiger partial charge on any atom is 0.223 e. The van der Waals surface area contributed by atoms with Gasteiger partial charge >= 0.3 is 0 Å². The number of aryl methyl sites for hydroxylation is 2. The number of rotatable bonds is 4. The fourth-order valence-corrected chi connectivity index (χ4v) is 5.23. The first kappa shape index (κ1) is 15.9. The summed E-state index contributed by atoms with van der Waals surface area (Å²) in [4.78, 5) is 14.3. The van der Waals surface area contributed by atoms with Crippen molar-refractivity contribution in [2.75, 3.05) is 30.3 Å². The van der Waals surface area contributed by atoms with Gasteiger partial charge in [0.25, 0.3) is 0 Å². The molecule has 22 heavy (non-hydrogen) atoms.